The molecule has 0 aromatic carbocycles. The number of hydrogen-bond acceptors (Lipinski definition) is 1. The first-order valence-electron chi connectivity index (χ1n) is 3.37. The maximum atomic E-state index is 5.77. The molecule has 0 aliphatic rings. The minimum absolute atomic E-state index is 0.709. The third-order valence-corrected chi connectivity index (χ3v) is 1.90. The van der Waals surface area contributed by atoms with E-state index in [1.165, 1.54) is 5.56 Å². The lowest BCUT2D eigenvalue weighted by Crippen LogP contribution is -1.84. The van der Waals surface area contributed by atoms with E-state index < -0.39 is 0 Å². The number of aryl methyl sites for hydroxylation is 1. The maximum Gasteiger partial charge on any atom is 0.0691 e. The first kappa shape index (κ1) is 6.68. The van der Waals surface area contributed by atoms with Crippen molar-refractivity contribution < 1.29 is 0 Å². The van der Waals surface area contributed by atoms with Crippen LogP contribution in [0.1, 0.15) is 5.56 Å². The van der Waals surface area contributed by atoms with Gasteiger partial charge in [0.05, 0.1) is 16.7 Å². The van der Waals surface area contributed by atoms with Crippen LogP contribution in [-0.2, 0) is 0 Å². The molecule has 3 heteroatoms. The highest BCUT2D eigenvalue weighted by atomic mass is 35.5. The summed E-state index contributed by atoms with van der Waals surface area (Å²) in [7, 11) is 0. The first-order chi connectivity index (χ1) is 5.27. The maximum absolute atomic E-state index is 5.77. The van der Waals surface area contributed by atoms with Gasteiger partial charge in [-0.2, -0.15) is 5.10 Å². The van der Waals surface area contributed by atoms with Crippen molar-refractivity contribution in [2.24, 2.45) is 0 Å². The minimum atomic E-state index is 0.709. The highest BCUT2D eigenvalue weighted by Crippen LogP contribution is 2.13. The number of nitrogens with zero attached hydrogens (tertiary/aromatic N) is 2. The second-order valence-electron chi connectivity index (χ2n) is 2.50. The monoisotopic (exact) mass is 166 g/mol. The first-order valence-corrected chi connectivity index (χ1v) is 3.74. The molecule has 56 valence electrons. The van der Waals surface area contributed by atoms with Crippen LogP contribution in [0.4, 0.5) is 0 Å². The highest BCUT2D eigenvalue weighted by Gasteiger charge is 1.97. The van der Waals surface area contributed by atoms with E-state index in [0.29, 0.717) is 5.02 Å². The van der Waals surface area contributed by atoms with Gasteiger partial charge in [-0.15, -0.1) is 0 Å². The Labute approximate surface area is 69.4 Å². The molecule has 0 aliphatic heterocycles. The van der Waals surface area contributed by atoms with E-state index in [-0.39, 0.29) is 0 Å². The van der Waals surface area contributed by atoms with Crippen molar-refractivity contribution in [1.82, 2.24) is 9.61 Å². The Kier molecular flexibility index (Phi) is 1.36. The SMILES string of the molecule is Cc1cnn2cc(Cl)ccc12. The van der Waals surface area contributed by atoms with Gasteiger partial charge in [0.15, 0.2) is 0 Å². The topological polar surface area (TPSA) is 17.3 Å². The smallest absolute Gasteiger partial charge is 0.0691 e. The van der Waals surface area contributed by atoms with Crippen molar-refractivity contribution in [2.75, 3.05) is 0 Å². The molecule has 0 spiro atoms. The second-order valence-corrected chi connectivity index (χ2v) is 2.94. The average molecular weight is 167 g/mol. The summed E-state index contributed by atoms with van der Waals surface area (Å²) < 4.78 is 1.78. The predicted molar refractivity (Wildman–Crippen MR) is 44.9 cm³/mol. The van der Waals surface area contributed by atoms with Crippen molar-refractivity contribution in [3.63, 3.8) is 0 Å². The Morgan fingerprint density at radius 3 is 3.09 bits per heavy atom. The summed E-state index contributed by atoms with van der Waals surface area (Å²) in [5.41, 5.74) is 2.27. The molecule has 0 aliphatic carbocycles. The summed E-state index contributed by atoms with van der Waals surface area (Å²) in [4.78, 5) is 0. The summed E-state index contributed by atoms with van der Waals surface area (Å²) in [6.07, 6.45) is 3.62. The fourth-order valence-corrected chi connectivity index (χ4v) is 1.24. The highest BCUT2D eigenvalue weighted by molar-refractivity contribution is 6.30. The van der Waals surface area contributed by atoms with Crippen molar-refractivity contribution in [3.05, 3.63) is 35.1 Å². The number of halogens is 1. The number of rotatable bonds is 0. The zero-order valence-electron chi connectivity index (χ0n) is 6.08. The number of hydrogen-bond donors (Lipinski definition) is 0. The van der Waals surface area contributed by atoms with Gasteiger partial charge in [-0.3, -0.25) is 0 Å². The second kappa shape index (κ2) is 2.24. The van der Waals surface area contributed by atoms with Crippen LogP contribution in [0, 0.1) is 6.92 Å². The van der Waals surface area contributed by atoms with Gasteiger partial charge in [-0.05, 0) is 24.6 Å². The zero-order chi connectivity index (χ0) is 7.84. The molecule has 0 radical (unpaired) electrons. The number of pyridine rings is 1. The summed E-state index contributed by atoms with van der Waals surface area (Å²) in [6, 6.07) is 3.83. The Morgan fingerprint density at radius 1 is 1.45 bits per heavy atom. The summed E-state index contributed by atoms with van der Waals surface area (Å²) >= 11 is 5.77. The Hall–Kier alpha value is -1.02. The van der Waals surface area contributed by atoms with E-state index in [0.717, 1.165) is 5.52 Å². The Balaban J connectivity index is 2.86. The fraction of sp³-hybridized carbons (Fsp3) is 0.125. The van der Waals surface area contributed by atoms with E-state index in [9.17, 15) is 0 Å². The largest absolute Gasteiger partial charge is 0.239 e. The average Bonchev–Trinajstić information content (AvgIpc) is 2.32. The fourth-order valence-electron chi connectivity index (χ4n) is 1.09. The van der Waals surface area contributed by atoms with Gasteiger partial charge in [0, 0.05) is 6.20 Å². The summed E-state index contributed by atoms with van der Waals surface area (Å²) in [5.74, 6) is 0. The lowest BCUT2D eigenvalue weighted by molar-refractivity contribution is 0.961. The molecule has 0 unspecified atom stereocenters. The number of aromatic nitrogens is 2. The molecule has 0 saturated carbocycles. The molecule has 2 heterocycles. The molecule has 11 heavy (non-hydrogen) atoms. The normalized spacial score (nSPS) is 10.7. The van der Waals surface area contributed by atoms with Gasteiger partial charge in [-0.1, -0.05) is 11.6 Å². The van der Waals surface area contributed by atoms with Crippen LogP contribution in [0.2, 0.25) is 5.02 Å². The van der Waals surface area contributed by atoms with Crippen molar-refractivity contribution in [3.8, 4) is 0 Å². The lowest BCUT2D eigenvalue weighted by atomic mass is 10.3. The van der Waals surface area contributed by atoms with Gasteiger partial charge in [-0.25, -0.2) is 4.52 Å². The molecule has 0 amide bonds. The van der Waals surface area contributed by atoms with Gasteiger partial charge < -0.3 is 0 Å². The molecule has 2 aromatic heterocycles. The van der Waals surface area contributed by atoms with Crippen molar-refractivity contribution in [2.45, 2.75) is 6.92 Å². The molecule has 2 nitrogen and oxygen atoms in total. The molecule has 0 N–H and O–H groups in total. The van der Waals surface area contributed by atoms with E-state index in [4.69, 9.17) is 11.6 Å². The van der Waals surface area contributed by atoms with Gasteiger partial charge in [0.1, 0.15) is 0 Å². The third kappa shape index (κ3) is 0.994. The molecule has 2 aromatic rings. The van der Waals surface area contributed by atoms with Crippen LogP contribution in [-0.4, -0.2) is 9.61 Å². The van der Waals surface area contributed by atoms with Crippen molar-refractivity contribution in [1.29, 1.82) is 0 Å². The van der Waals surface area contributed by atoms with Crippen LogP contribution >= 0.6 is 11.6 Å². The van der Waals surface area contributed by atoms with E-state index >= 15 is 0 Å². The third-order valence-electron chi connectivity index (χ3n) is 1.67. The van der Waals surface area contributed by atoms with E-state index in [2.05, 4.69) is 5.10 Å². The molecular weight excluding hydrogens is 160 g/mol. The Bertz CT molecular complexity index is 392. The molecule has 0 atom stereocenters. The van der Waals surface area contributed by atoms with Gasteiger partial charge in [0.2, 0.25) is 0 Å². The van der Waals surface area contributed by atoms with Crippen LogP contribution in [0.15, 0.2) is 24.5 Å². The van der Waals surface area contributed by atoms with Crippen LogP contribution in [0.25, 0.3) is 5.52 Å². The molecule has 0 fully saturated rings. The standard InChI is InChI=1S/C8H7ClN2/c1-6-4-10-11-5-7(9)2-3-8(6)11/h2-5H,1H3. The van der Waals surface area contributed by atoms with E-state index in [1.807, 2.05) is 25.3 Å². The summed E-state index contributed by atoms with van der Waals surface area (Å²) in [6.45, 7) is 2.02. The Morgan fingerprint density at radius 2 is 2.27 bits per heavy atom. The quantitative estimate of drug-likeness (QED) is 0.587. The minimum Gasteiger partial charge on any atom is -0.239 e. The number of fused-ring (bicyclic) bond motifs is 1. The van der Waals surface area contributed by atoms with Crippen molar-refractivity contribution >= 4 is 17.1 Å². The molecule has 0 saturated heterocycles. The molecule has 2 rings (SSSR count). The zero-order valence-corrected chi connectivity index (χ0v) is 6.84. The van der Waals surface area contributed by atoms with Gasteiger partial charge >= 0.3 is 0 Å². The van der Waals surface area contributed by atoms with Crippen LogP contribution in [0.5, 0.6) is 0 Å². The van der Waals surface area contributed by atoms with E-state index in [1.54, 1.807) is 10.7 Å². The molecular formula is C8H7ClN2. The van der Waals surface area contributed by atoms with Gasteiger partial charge in [0.25, 0.3) is 0 Å². The lowest BCUT2D eigenvalue weighted by Gasteiger charge is -1.93. The molecule has 0 bridgehead atoms. The predicted octanol–water partition coefficient (Wildman–Crippen LogP) is 2.30. The van der Waals surface area contributed by atoms with Crippen LogP contribution < -0.4 is 0 Å². The van der Waals surface area contributed by atoms with Crippen LogP contribution in [0.3, 0.4) is 0 Å². The summed E-state index contributed by atoms with van der Waals surface area (Å²) in [5, 5.41) is 4.82.